The molecule has 0 atom stereocenters. The van der Waals surface area contributed by atoms with Crippen LogP contribution in [0.25, 0.3) is 21.9 Å². The van der Waals surface area contributed by atoms with Crippen molar-refractivity contribution in [2.24, 2.45) is 0 Å². The SMILES string of the molecule is CCOC(=O)c1coc2cc3oc(=O)ccc3cc12. The van der Waals surface area contributed by atoms with Gasteiger partial charge in [0.25, 0.3) is 0 Å². The fourth-order valence-corrected chi connectivity index (χ4v) is 1.96. The first kappa shape index (κ1) is 11.5. The predicted octanol–water partition coefficient (Wildman–Crippen LogP) is 2.72. The molecular formula is C14H10O5. The van der Waals surface area contributed by atoms with E-state index in [4.69, 9.17) is 13.6 Å². The van der Waals surface area contributed by atoms with Crippen LogP contribution in [-0.2, 0) is 4.74 Å². The predicted molar refractivity (Wildman–Crippen MR) is 68.2 cm³/mol. The minimum absolute atomic E-state index is 0.300. The van der Waals surface area contributed by atoms with Crippen LogP contribution in [0.5, 0.6) is 0 Å². The Balaban J connectivity index is 2.26. The van der Waals surface area contributed by atoms with Gasteiger partial charge in [0.1, 0.15) is 23.0 Å². The lowest BCUT2D eigenvalue weighted by Gasteiger charge is -1.99. The summed E-state index contributed by atoms with van der Waals surface area (Å²) in [6, 6.07) is 6.30. The van der Waals surface area contributed by atoms with Crippen molar-refractivity contribution in [2.75, 3.05) is 6.61 Å². The highest BCUT2D eigenvalue weighted by atomic mass is 16.5. The van der Waals surface area contributed by atoms with Gasteiger partial charge < -0.3 is 13.6 Å². The third kappa shape index (κ3) is 1.89. The van der Waals surface area contributed by atoms with Gasteiger partial charge in [-0.05, 0) is 19.1 Å². The summed E-state index contributed by atoms with van der Waals surface area (Å²) in [6.07, 6.45) is 1.35. The van der Waals surface area contributed by atoms with E-state index in [1.807, 2.05) is 0 Å². The van der Waals surface area contributed by atoms with Crippen LogP contribution in [0, 0.1) is 0 Å². The first-order valence-electron chi connectivity index (χ1n) is 5.81. The zero-order chi connectivity index (χ0) is 13.4. The van der Waals surface area contributed by atoms with Crippen molar-refractivity contribution < 1.29 is 18.4 Å². The van der Waals surface area contributed by atoms with Crippen LogP contribution in [0.15, 0.2) is 44.2 Å². The zero-order valence-corrected chi connectivity index (χ0v) is 10.1. The van der Waals surface area contributed by atoms with Crippen LogP contribution >= 0.6 is 0 Å². The van der Waals surface area contributed by atoms with E-state index in [0.29, 0.717) is 28.7 Å². The van der Waals surface area contributed by atoms with Gasteiger partial charge in [0.05, 0.1) is 6.61 Å². The standard InChI is InChI=1S/C14H10O5/c1-2-17-14(16)10-7-18-12-6-11-8(5-9(10)12)3-4-13(15)19-11/h3-7H,2H2,1H3. The Labute approximate surface area is 107 Å². The van der Waals surface area contributed by atoms with Gasteiger partial charge in [-0.1, -0.05) is 0 Å². The van der Waals surface area contributed by atoms with Crippen LogP contribution in [0.3, 0.4) is 0 Å². The molecule has 0 amide bonds. The molecule has 2 heterocycles. The minimum Gasteiger partial charge on any atom is -0.463 e. The normalized spacial score (nSPS) is 11.0. The maximum absolute atomic E-state index is 11.8. The number of carbonyl (C=O) groups excluding carboxylic acids is 1. The largest absolute Gasteiger partial charge is 0.463 e. The zero-order valence-electron chi connectivity index (χ0n) is 10.1. The summed E-state index contributed by atoms with van der Waals surface area (Å²) in [7, 11) is 0. The van der Waals surface area contributed by atoms with Crippen LogP contribution in [0.2, 0.25) is 0 Å². The van der Waals surface area contributed by atoms with E-state index in [2.05, 4.69) is 0 Å². The molecule has 0 unspecified atom stereocenters. The molecule has 0 saturated carbocycles. The summed E-state index contributed by atoms with van der Waals surface area (Å²) < 4.78 is 15.3. The minimum atomic E-state index is -0.432. The Morgan fingerprint density at radius 1 is 1.26 bits per heavy atom. The number of benzene rings is 1. The summed E-state index contributed by atoms with van der Waals surface area (Å²) in [5, 5.41) is 1.36. The molecule has 0 fully saturated rings. The highest BCUT2D eigenvalue weighted by Gasteiger charge is 2.15. The molecule has 1 aromatic carbocycles. The van der Waals surface area contributed by atoms with Crippen molar-refractivity contribution in [3.8, 4) is 0 Å². The second-order valence-electron chi connectivity index (χ2n) is 4.01. The van der Waals surface area contributed by atoms with Gasteiger partial charge in [0.15, 0.2) is 0 Å². The average molecular weight is 258 g/mol. The molecule has 2 aromatic heterocycles. The third-order valence-electron chi connectivity index (χ3n) is 2.81. The summed E-state index contributed by atoms with van der Waals surface area (Å²) in [5.41, 5.74) is 0.837. The van der Waals surface area contributed by atoms with E-state index in [-0.39, 0.29) is 0 Å². The van der Waals surface area contributed by atoms with Crippen molar-refractivity contribution in [1.82, 2.24) is 0 Å². The van der Waals surface area contributed by atoms with E-state index in [0.717, 1.165) is 5.39 Å². The first-order valence-corrected chi connectivity index (χ1v) is 5.81. The summed E-state index contributed by atoms with van der Waals surface area (Å²) >= 11 is 0. The van der Waals surface area contributed by atoms with E-state index >= 15 is 0 Å². The molecule has 19 heavy (non-hydrogen) atoms. The number of rotatable bonds is 2. The number of hydrogen-bond donors (Lipinski definition) is 0. The first-order chi connectivity index (χ1) is 9.19. The van der Waals surface area contributed by atoms with Gasteiger partial charge in [-0.2, -0.15) is 0 Å². The molecule has 0 spiro atoms. The maximum Gasteiger partial charge on any atom is 0.342 e. The fourth-order valence-electron chi connectivity index (χ4n) is 1.96. The van der Waals surface area contributed by atoms with Crippen LogP contribution in [-0.4, -0.2) is 12.6 Å². The molecule has 0 radical (unpaired) electrons. The Kier molecular flexibility index (Phi) is 2.59. The van der Waals surface area contributed by atoms with Gasteiger partial charge in [-0.15, -0.1) is 0 Å². The smallest absolute Gasteiger partial charge is 0.342 e. The van der Waals surface area contributed by atoms with E-state index in [1.165, 1.54) is 12.3 Å². The Hall–Kier alpha value is -2.56. The summed E-state index contributed by atoms with van der Waals surface area (Å²) in [6.45, 7) is 2.04. The van der Waals surface area contributed by atoms with Crippen molar-refractivity contribution in [3.63, 3.8) is 0 Å². The Morgan fingerprint density at radius 3 is 2.89 bits per heavy atom. The molecule has 96 valence electrons. The molecule has 3 rings (SSSR count). The van der Waals surface area contributed by atoms with Gasteiger partial charge in [-0.25, -0.2) is 9.59 Å². The quantitative estimate of drug-likeness (QED) is 0.522. The van der Waals surface area contributed by atoms with E-state index in [1.54, 1.807) is 25.1 Å². The molecule has 0 aliphatic heterocycles. The molecule has 0 saturated heterocycles. The number of hydrogen-bond acceptors (Lipinski definition) is 5. The molecule has 0 aliphatic rings. The molecular weight excluding hydrogens is 248 g/mol. The van der Waals surface area contributed by atoms with E-state index in [9.17, 15) is 9.59 Å². The topological polar surface area (TPSA) is 69.7 Å². The highest BCUT2D eigenvalue weighted by molar-refractivity contribution is 6.06. The van der Waals surface area contributed by atoms with Crippen molar-refractivity contribution in [2.45, 2.75) is 6.92 Å². The molecule has 5 nitrogen and oxygen atoms in total. The van der Waals surface area contributed by atoms with Gasteiger partial charge in [-0.3, -0.25) is 0 Å². The maximum atomic E-state index is 11.8. The third-order valence-corrected chi connectivity index (χ3v) is 2.81. The Bertz CT molecular complexity index is 825. The second kappa shape index (κ2) is 4.28. The fraction of sp³-hybridized carbons (Fsp3) is 0.143. The molecule has 3 aromatic rings. The van der Waals surface area contributed by atoms with Crippen molar-refractivity contribution in [1.29, 1.82) is 0 Å². The Morgan fingerprint density at radius 2 is 2.11 bits per heavy atom. The lowest BCUT2D eigenvalue weighted by atomic mass is 10.1. The highest BCUT2D eigenvalue weighted by Crippen LogP contribution is 2.26. The molecule has 0 aliphatic carbocycles. The number of fused-ring (bicyclic) bond motifs is 2. The van der Waals surface area contributed by atoms with Gasteiger partial charge >= 0.3 is 11.6 Å². The number of carbonyl (C=O) groups is 1. The molecule has 0 N–H and O–H groups in total. The number of ether oxygens (including phenoxy) is 1. The number of esters is 1. The summed E-state index contributed by atoms with van der Waals surface area (Å²) in [4.78, 5) is 22.9. The van der Waals surface area contributed by atoms with Gasteiger partial charge in [0.2, 0.25) is 0 Å². The lowest BCUT2D eigenvalue weighted by molar-refractivity contribution is 0.0527. The van der Waals surface area contributed by atoms with Crippen LogP contribution in [0.1, 0.15) is 17.3 Å². The van der Waals surface area contributed by atoms with Crippen molar-refractivity contribution in [3.05, 3.63) is 46.5 Å². The monoisotopic (exact) mass is 258 g/mol. The molecule has 5 heteroatoms. The van der Waals surface area contributed by atoms with E-state index < -0.39 is 11.6 Å². The van der Waals surface area contributed by atoms with Gasteiger partial charge in [0, 0.05) is 22.9 Å². The second-order valence-corrected chi connectivity index (χ2v) is 4.01. The van der Waals surface area contributed by atoms with Crippen LogP contribution in [0.4, 0.5) is 0 Å². The lowest BCUT2D eigenvalue weighted by Crippen LogP contribution is -2.03. The molecule has 0 bridgehead atoms. The average Bonchev–Trinajstić information content (AvgIpc) is 2.79. The number of furan rings is 1. The summed E-state index contributed by atoms with van der Waals surface area (Å²) in [5.74, 6) is -0.432. The van der Waals surface area contributed by atoms with Crippen molar-refractivity contribution >= 4 is 27.9 Å². The van der Waals surface area contributed by atoms with Crippen LogP contribution < -0.4 is 5.63 Å².